The van der Waals surface area contributed by atoms with Crippen molar-refractivity contribution in [3.8, 4) is 39.1 Å². The highest BCUT2D eigenvalue weighted by atomic mass is 35.5. The van der Waals surface area contributed by atoms with Crippen molar-refractivity contribution in [3.63, 3.8) is 0 Å². The molecule has 8 heteroatoms. The summed E-state index contributed by atoms with van der Waals surface area (Å²) in [5.41, 5.74) is 8.70. The van der Waals surface area contributed by atoms with Crippen LogP contribution >= 0.6 is 36.2 Å². The summed E-state index contributed by atoms with van der Waals surface area (Å²) in [5.74, 6) is 1.42. The van der Waals surface area contributed by atoms with E-state index < -0.39 is 0 Å². The topological polar surface area (TPSA) is 77.6 Å². The zero-order valence-corrected chi connectivity index (χ0v) is 16.0. The van der Waals surface area contributed by atoms with E-state index in [0.717, 1.165) is 21.8 Å². The second-order valence-electron chi connectivity index (χ2n) is 4.88. The first-order chi connectivity index (χ1) is 11.1. The Balaban J connectivity index is 0.00000156. The summed E-state index contributed by atoms with van der Waals surface area (Å²) in [4.78, 5) is 4.64. The number of thiazole rings is 1. The lowest BCUT2D eigenvalue weighted by Crippen LogP contribution is -1.90. The average Bonchev–Trinajstić information content (AvgIpc) is 3.06. The van der Waals surface area contributed by atoms with E-state index in [2.05, 4.69) is 4.98 Å². The first-order valence-electron chi connectivity index (χ1n) is 6.89. The van der Waals surface area contributed by atoms with Crippen LogP contribution in [-0.4, -0.2) is 24.3 Å². The monoisotopic (exact) mass is 400 g/mol. The number of phenols is 1. The van der Waals surface area contributed by atoms with Gasteiger partial charge in [-0.1, -0.05) is 0 Å². The predicted molar refractivity (Wildman–Crippen MR) is 107 cm³/mol. The summed E-state index contributed by atoms with van der Waals surface area (Å²) in [7, 11) is 3.21. The number of phenolic OH excluding ortho intramolecular Hbond substituents is 1. The van der Waals surface area contributed by atoms with Crippen LogP contribution in [0.2, 0.25) is 0 Å². The number of ether oxygens (including phenoxy) is 2. The van der Waals surface area contributed by atoms with Gasteiger partial charge in [-0.2, -0.15) is 0 Å². The van der Waals surface area contributed by atoms with Gasteiger partial charge in [0.15, 0.2) is 11.5 Å². The number of hydrogen-bond acceptors (Lipinski definition) is 6. The second kappa shape index (κ2) is 8.80. The number of nitrogen functional groups attached to an aromatic ring is 1. The molecule has 0 amide bonds. The summed E-state index contributed by atoms with van der Waals surface area (Å²) in [6.07, 6.45) is 0. The van der Waals surface area contributed by atoms with Crippen molar-refractivity contribution < 1.29 is 14.6 Å². The van der Waals surface area contributed by atoms with Crippen LogP contribution in [0.1, 0.15) is 0 Å². The molecule has 3 rings (SSSR count). The molecule has 5 nitrogen and oxygen atoms in total. The van der Waals surface area contributed by atoms with E-state index in [0.29, 0.717) is 17.2 Å². The molecule has 0 bridgehead atoms. The minimum absolute atomic E-state index is 0. The Kier molecular flexibility index (Phi) is 7.36. The number of nitrogens with zero attached hydrogens (tertiary/aromatic N) is 1. The molecule has 0 fully saturated rings. The Morgan fingerprint density at radius 1 is 0.960 bits per heavy atom. The number of aromatic hydroxyl groups is 1. The lowest BCUT2D eigenvalue weighted by Gasteiger charge is -2.08. The van der Waals surface area contributed by atoms with E-state index in [1.807, 2.05) is 23.6 Å². The van der Waals surface area contributed by atoms with Gasteiger partial charge >= 0.3 is 0 Å². The maximum Gasteiger partial charge on any atom is 0.161 e. The smallest absolute Gasteiger partial charge is 0.161 e. The summed E-state index contributed by atoms with van der Waals surface area (Å²) >= 11 is 1.53. The molecule has 0 aliphatic heterocycles. The van der Waals surface area contributed by atoms with Gasteiger partial charge in [-0.3, -0.25) is 0 Å². The minimum atomic E-state index is 0. The molecule has 0 spiro atoms. The van der Waals surface area contributed by atoms with Gasteiger partial charge in [-0.15, -0.1) is 36.2 Å². The predicted octanol–water partition coefficient (Wildman–Crippen LogP) is 4.63. The summed E-state index contributed by atoms with van der Waals surface area (Å²) in [6, 6.07) is 10.8. The molecule has 0 saturated heterocycles. The highest BCUT2D eigenvalue weighted by Gasteiger charge is 2.11. The molecule has 0 unspecified atom stereocenters. The van der Waals surface area contributed by atoms with Crippen LogP contribution < -0.4 is 15.2 Å². The van der Waals surface area contributed by atoms with Crippen LogP contribution in [0.4, 0.5) is 5.69 Å². The van der Waals surface area contributed by atoms with Gasteiger partial charge in [0.1, 0.15) is 10.8 Å². The molecule has 0 aliphatic carbocycles. The molecule has 0 aliphatic rings. The number of hydrogen-bond donors (Lipinski definition) is 2. The zero-order valence-electron chi connectivity index (χ0n) is 13.6. The third kappa shape index (κ3) is 4.28. The van der Waals surface area contributed by atoms with Crippen molar-refractivity contribution in [3.05, 3.63) is 41.8 Å². The molecule has 0 saturated carbocycles. The molecular formula is C17H18Cl2N2O3S. The van der Waals surface area contributed by atoms with Crippen LogP contribution in [0.25, 0.3) is 21.8 Å². The summed E-state index contributed by atoms with van der Waals surface area (Å²) < 4.78 is 10.6. The Bertz CT molecular complexity index is 856. The molecule has 25 heavy (non-hydrogen) atoms. The zero-order chi connectivity index (χ0) is 16.4. The summed E-state index contributed by atoms with van der Waals surface area (Å²) in [5, 5.41) is 12.3. The Hall–Kier alpha value is -2.15. The molecule has 1 heterocycles. The largest absolute Gasteiger partial charge is 0.506 e. The first kappa shape index (κ1) is 20.9. The number of rotatable bonds is 4. The number of methoxy groups -OCH3 is 2. The number of benzene rings is 2. The van der Waals surface area contributed by atoms with Crippen LogP contribution in [0, 0.1) is 0 Å². The fourth-order valence-electron chi connectivity index (χ4n) is 2.22. The highest BCUT2D eigenvalue weighted by molar-refractivity contribution is 7.13. The van der Waals surface area contributed by atoms with Gasteiger partial charge in [-0.05, 0) is 36.4 Å². The molecule has 3 N–H and O–H groups in total. The molecule has 0 atom stereocenters. The third-order valence-electron chi connectivity index (χ3n) is 3.46. The quantitative estimate of drug-likeness (QED) is 0.493. The molecule has 3 aromatic rings. The van der Waals surface area contributed by atoms with Crippen molar-refractivity contribution in [1.29, 1.82) is 0 Å². The van der Waals surface area contributed by atoms with Crippen molar-refractivity contribution >= 4 is 41.8 Å². The third-order valence-corrected chi connectivity index (χ3v) is 4.35. The molecule has 2 aromatic carbocycles. The maximum absolute atomic E-state index is 9.51. The van der Waals surface area contributed by atoms with Gasteiger partial charge in [0, 0.05) is 16.5 Å². The van der Waals surface area contributed by atoms with Crippen molar-refractivity contribution in [1.82, 2.24) is 4.98 Å². The number of halogens is 2. The SMILES string of the molecule is COc1ccc(-c2nc(-c3ccc(O)c(N)c3)cs2)cc1OC.Cl.Cl. The lowest BCUT2D eigenvalue weighted by atomic mass is 10.1. The minimum Gasteiger partial charge on any atom is -0.506 e. The maximum atomic E-state index is 9.51. The second-order valence-corrected chi connectivity index (χ2v) is 5.74. The van der Waals surface area contributed by atoms with E-state index >= 15 is 0 Å². The van der Waals surface area contributed by atoms with Crippen LogP contribution in [0.5, 0.6) is 17.2 Å². The number of nitrogens with two attached hydrogens (primary N) is 1. The average molecular weight is 401 g/mol. The van der Waals surface area contributed by atoms with Crippen LogP contribution in [-0.2, 0) is 0 Å². The van der Waals surface area contributed by atoms with Gasteiger partial charge in [0.25, 0.3) is 0 Å². The lowest BCUT2D eigenvalue weighted by molar-refractivity contribution is 0.355. The van der Waals surface area contributed by atoms with E-state index in [1.165, 1.54) is 11.3 Å². The fraction of sp³-hybridized carbons (Fsp3) is 0.118. The van der Waals surface area contributed by atoms with Crippen molar-refractivity contribution in [2.45, 2.75) is 0 Å². The van der Waals surface area contributed by atoms with Crippen molar-refractivity contribution in [2.75, 3.05) is 20.0 Å². The Morgan fingerprint density at radius 3 is 2.28 bits per heavy atom. The molecule has 0 radical (unpaired) electrons. The standard InChI is InChI=1S/C17H16N2O3S.2ClH/c1-21-15-6-4-11(8-16(15)22-2)17-19-13(9-23-17)10-3-5-14(20)12(18)7-10;;/h3-9,20H,18H2,1-2H3;2*1H. The van der Waals surface area contributed by atoms with Gasteiger partial charge in [0.2, 0.25) is 0 Å². The van der Waals surface area contributed by atoms with Crippen LogP contribution in [0.3, 0.4) is 0 Å². The molecular weight excluding hydrogens is 383 g/mol. The Morgan fingerprint density at radius 2 is 1.64 bits per heavy atom. The van der Waals surface area contributed by atoms with E-state index in [1.54, 1.807) is 32.4 Å². The van der Waals surface area contributed by atoms with Crippen molar-refractivity contribution in [2.24, 2.45) is 0 Å². The normalized spacial score (nSPS) is 9.68. The van der Waals surface area contributed by atoms with E-state index in [9.17, 15) is 5.11 Å². The number of anilines is 1. The first-order valence-corrected chi connectivity index (χ1v) is 7.77. The highest BCUT2D eigenvalue weighted by Crippen LogP contribution is 2.35. The molecule has 134 valence electrons. The fourth-order valence-corrected chi connectivity index (χ4v) is 3.05. The van der Waals surface area contributed by atoms with E-state index in [-0.39, 0.29) is 30.6 Å². The van der Waals surface area contributed by atoms with Gasteiger partial charge < -0.3 is 20.3 Å². The van der Waals surface area contributed by atoms with E-state index in [4.69, 9.17) is 15.2 Å². The Labute approximate surface area is 162 Å². The van der Waals surface area contributed by atoms with Gasteiger partial charge in [-0.25, -0.2) is 4.98 Å². The number of aromatic nitrogens is 1. The van der Waals surface area contributed by atoms with Gasteiger partial charge in [0.05, 0.1) is 25.6 Å². The molecule has 1 aromatic heterocycles. The summed E-state index contributed by atoms with van der Waals surface area (Å²) in [6.45, 7) is 0. The van der Waals surface area contributed by atoms with Crippen LogP contribution in [0.15, 0.2) is 41.8 Å².